The normalized spacial score (nSPS) is 15.3. The molecule has 34 heavy (non-hydrogen) atoms. The number of carboxylic acids is 1. The SMILES string of the molecule is C[N+](C)(C)C(O)[C@@H](CC(=O)O)OP(=O)(O)OCCCCCCCCOc1cccc([N+](=O)[O-])c1. The number of nitrogens with zero attached hydrogens (tertiary/aromatic N) is 2. The molecular formula is C21H36N2O10P+. The molecule has 0 heterocycles. The summed E-state index contributed by atoms with van der Waals surface area (Å²) in [6.07, 6.45) is 1.37. The molecule has 0 saturated carbocycles. The third-order valence-electron chi connectivity index (χ3n) is 4.86. The molecule has 1 rings (SSSR count). The van der Waals surface area contributed by atoms with Crippen LogP contribution in [0.25, 0.3) is 0 Å². The van der Waals surface area contributed by atoms with Gasteiger partial charge in [0.1, 0.15) is 5.75 Å². The lowest BCUT2D eigenvalue weighted by molar-refractivity contribution is -0.922. The Hall–Kier alpha value is -2.08. The summed E-state index contributed by atoms with van der Waals surface area (Å²) in [7, 11) is 0.279. The van der Waals surface area contributed by atoms with Crippen molar-refractivity contribution in [2.75, 3.05) is 34.4 Å². The number of carbonyl (C=O) groups is 1. The van der Waals surface area contributed by atoms with Crippen molar-refractivity contribution in [3.05, 3.63) is 34.4 Å². The Kier molecular flexibility index (Phi) is 12.6. The minimum absolute atomic E-state index is 0.0144. The Morgan fingerprint density at radius 2 is 1.71 bits per heavy atom. The fourth-order valence-corrected chi connectivity index (χ4v) is 3.98. The van der Waals surface area contributed by atoms with E-state index in [1.54, 1.807) is 33.3 Å². The fraction of sp³-hybridized carbons (Fsp3) is 0.667. The summed E-state index contributed by atoms with van der Waals surface area (Å²) in [6, 6.07) is 6.03. The average Bonchev–Trinajstić information content (AvgIpc) is 2.73. The van der Waals surface area contributed by atoms with E-state index in [2.05, 4.69) is 0 Å². The van der Waals surface area contributed by atoms with Crippen LogP contribution in [-0.4, -0.2) is 77.2 Å². The van der Waals surface area contributed by atoms with Crippen LogP contribution in [0.5, 0.6) is 5.75 Å². The first-order chi connectivity index (χ1) is 15.8. The first kappa shape index (κ1) is 30.0. The second-order valence-corrected chi connectivity index (χ2v) is 10.2. The van der Waals surface area contributed by atoms with Gasteiger partial charge in [-0.1, -0.05) is 31.7 Å². The molecule has 0 aliphatic rings. The lowest BCUT2D eigenvalue weighted by atomic mass is 10.1. The smallest absolute Gasteiger partial charge is 0.472 e. The van der Waals surface area contributed by atoms with Gasteiger partial charge in [-0.3, -0.25) is 24.0 Å². The molecule has 0 aliphatic heterocycles. The molecule has 0 radical (unpaired) electrons. The molecule has 1 aromatic rings. The Balaban J connectivity index is 2.21. The Morgan fingerprint density at radius 1 is 1.12 bits per heavy atom. The number of carboxylic acid groups (broad SMARTS) is 1. The van der Waals surface area contributed by atoms with Gasteiger partial charge in [0.25, 0.3) is 5.69 Å². The van der Waals surface area contributed by atoms with E-state index in [0.717, 1.165) is 32.1 Å². The highest BCUT2D eigenvalue weighted by Gasteiger charge is 2.39. The van der Waals surface area contributed by atoms with Gasteiger partial charge in [0.15, 0.2) is 6.10 Å². The summed E-state index contributed by atoms with van der Waals surface area (Å²) in [6.45, 7) is 0.413. The molecular weight excluding hydrogens is 471 g/mol. The predicted octanol–water partition coefficient (Wildman–Crippen LogP) is 3.32. The number of non-ortho nitro benzene ring substituents is 1. The standard InChI is InChI=1S/C21H35N2O10P/c1-23(2,3)21(26)19(16-20(24)25)33-34(29,30)32-14-9-7-5-4-6-8-13-31-18-12-10-11-17(15-18)22(27)28/h10-12,15,19,21,26H,4-9,13-14,16H2,1-3H3,(H-,24,25,29,30)/p+1/t19-,21?/m1/s1. The van der Waals surface area contributed by atoms with Gasteiger partial charge in [0, 0.05) is 6.07 Å². The van der Waals surface area contributed by atoms with Crippen molar-refractivity contribution in [2.45, 2.75) is 57.3 Å². The molecule has 194 valence electrons. The van der Waals surface area contributed by atoms with E-state index in [1.165, 1.54) is 12.1 Å². The van der Waals surface area contributed by atoms with Gasteiger partial charge in [-0.15, -0.1) is 0 Å². The number of quaternary nitrogens is 1. The highest BCUT2D eigenvalue weighted by Crippen LogP contribution is 2.46. The number of benzene rings is 1. The molecule has 0 saturated heterocycles. The van der Waals surface area contributed by atoms with E-state index in [-0.39, 0.29) is 16.8 Å². The van der Waals surface area contributed by atoms with Crippen molar-refractivity contribution in [3.8, 4) is 5.75 Å². The van der Waals surface area contributed by atoms with Gasteiger partial charge in [-0.2, -0.15) is 0 Å². The quantitative estimate of drug-likeness (QED) is 0.0670. The highest BCUT2D eigenvalue weighted by atomic mass is 31.2. The number of likely N-dealkylation sites (N-methyl/N-ethyl adjacent to an activating group) is 1. The van der Waals surface area contributed by atoms with Gasteiger partial charge in [-0.25, -0.2) is 4.57 Å². The first-order valence-corrected chi connectivity index (χ1v) is 12.6. The van der Waals surface area contributed by atoms with Crippen molar-refractivity contribution in [3.63, 3.8) is 0 Å². The van der Waals surface area contributed by atoms with Crippen LogP contribution in [0.3, 0.4) is 0 Å². The van der Waals surface area contributed by atoms with E-state index in [0.29, 0.717) is 18.8 Å². The second-order valence-electron chi connectivity index (χ2n) is 8.80. The topological polar surface area (TPSA) is 166 Å². The Labute approximate surface area is 199 Å². The number of aliphatic hydroxyl groups excluding tert-OH is 1. The minimum atomic E-state index is -4.53. The zero-order valence-electron chi connectivity index (χ0n) is 19.9. The van der Waals surface area contributed by atoms with Crippen LogP contribution < -0.4 is 4.74 Å². The molecule has 2 unspecified atom stereocenters. The number of phosphoric ester groups is 1. The van der Waals surface area contributed by atoms with Crippen LogP contribution in [0.1, 0.15) is 44.9 Å². The van der Waals surface area contributed by atoms with Crippen molar-refractivity contribution < 1.29 is 47.7 Å². The van der Waals surface area contributed by atoms with Crippen LogP contribution in [-0.2, 0) is 18.4 Å². The maximum Gasteiger partial charge on any atom is 0.472 e. The molecule has 1 aromatic carbocycles. The number of ether oxygens (including phenoxy) is 1. The summed E-state index contributed by atoms with van der Waals surface area (Å²) < 4.78 is 27.5. The van der Waals surface area contributed by atoms with Crippen molar-refractivity contribution in [2.24, 2.45) is 0 Å². The van der Waals surface area contributed by atoms with Gasteiger partial charge in [-0.05, 0) is 18.9 Å². The van der Waals surface area contributed by atoms with Crippen LogP contribution in [0.2, 0.25) is 0 Å². The number of hydrogen-bond donors (Lipinski definition) is 3. The largest absolute Gasteiger partial charge is 0.493 e. The molecule has 3 N–H and O–H groups in total. The van der Waals surface area contributed by atoms with E-state index in [4.69, 9.17) is 18.9 Å². The zero-order valence-corrected chi connectivity index (χ0v) is 20.8. The van der Waals surface area contributed by atoms with Crippen LogP contribution >= 0.6 is 7.82 Å². The average molecular weight is 507 g/mol. The molecule has 0 spiro atoms. The van der Waals surface area contributed by atoms with Gasteiger partial charge < -0.3 is 24.3 Å². The van der Waals surface area contributed by atoms with Gasteiger partial charge in [0.2, 0.25) is 6.23 Å². The van der Waals surface area contributed by atoms with E-state index < -0.39 is 37.5 Å². The minimum Gasteiger partial charge on any atom is -0.493 e. The third-order valence-corrected chi connectivity index (χ3v) is 5.91. The molecule has 0 fully saturated rings. The molecule has 13 heteroatoms. The van der Waals surface area contributed by atoms with Crippen molar-refractivity contribution >= 4 is 19.5 Å². The molecule has 0 bridgehead atoms. The second kappa shape index (κ2) is 14.3. The number of nitro groups is 1. The highest BCUT2D eigenvalue weighted by molar-refractivity contribution is 7.47. The number of hydrogen-bond acceptors (Lipinski definition) is 8. The number of aliphatic hydroxyl groups is 1. The van der Waals surface area contributed by atoms with E-state index >= 15 is 0 Å². The summed E-state index contributed by atoms with van der Waals surface area (Å²) in [5.41, 5.74) is -0.0144. The molecule has 3 atom stereocenters. The van der Waals surface area contributed by atoms with E-state index in [9.17, 15) is 29.5 Å². The number of nitro benzene ring substituents is 1. The van der Waals surface area contributed by atoms with Crippen LogP contribution in [0.4, 0.5) is 5.69 Å². The Bertz CT molecular complexity index is 830. The summed E-state index contributed by atoms with van der Waals surface area (Å²) in [5, 5.41) is 30.0. The monoisotopic (exact) mass is 507 g/mol. The van der Waals surface area contributed by atoms with E-state index in [1.807, 2.05) is 0 Å². The lowest BCUT2D eigenvalue weighted by Crippen LogP contribution is -2.52. The zero-order chi connectivity index (χ0) is 25.8. The third kappa shape index (κ3) is 12.4. The van der Waals surface area contributed by atoms with Gasteiger partial charge in [0.05, 0.1) is 51.8 Å². The maximum atomic E-state index is 12.2. The van der Waals surface area contributed by atoms with Crippen molar-refractivity contribution in [1.82, 2.24) is 0 Å². The van der Waals surface area contributed by atoms with Crippen LogP contribution in [0, 0.1) is 10.1 Å². The molecule has 0 aliphatic carbocycles. The first-order valence-electron chi connectivity index (χ1n) is 11.1. The predicted molar refractivity (Wildman–Crippen MR) is 123 cm³/mol. The number of rotatable bonds is 18. The molecule has 0 aromatic heterocycles. The maximum absolute atomic E-state index is 12.2. The molecule has 0 amide bonds. The van der Waals surface area contributed by atoms with Gasteiger partial charge >= 0.3 is 13.8 Å². The van der Waals surface area contributed by atoms with Crippen LogP contribution in [0.15, 0.2) is 24.3 Å². The lowest BCUT2D eigenvalue weighted by Gasteiger charge is -2.34. The Morgan fingerprint density at radius 3 is 2.26 bits per heavy atom. The summed E-state index contributed by atoms with van der Waals surface area (Å²) in [4.78, 5) is 31.2. The van der Waals surface area contributed by atoms with Crippen molar-refractivity contribution in [1.29, 1.82) is 0 Å². The number of phosphoric acid groups is 1. The number of unbranched alkanes of at least 4 members (excludes halogenated alkanes) is 5. The number of aliphatic carboxylic acids is 1. The summed E-state index contributed by atoms with van der Waals surface area (Å²) in [5.74, 6) is -0.811. The fourth-order valence-electron chi connectivity index (χ4n) is 3.04. The molecule has 12 nitrogen and oxygen atoms in total. The summed E-state index contributed by atoms with van der Waals surface area (Å²) >= 11 is 0.